The Morgan fingerprint density at radius 1 is 1.37 bits per heavy atom. The number of hydrogen-bond acceptors (Lipinski definition) is 5. The van der Waals surface area contributed by atoms with E-state index in [-0.39, 0.29) is 12.3 Å². The van der Waals surface area contributed by atoms with Crippen LogP contribution in [0.1, 0.15) is 21.7 Å². The van der Waals surface area contributed by atoms with Crippen LogP contribution in [0.4, 0.5) is 5.69 Å². The Labute approximate surface area is 108 Å². The van der Waals surface area contributed by atoms with Crippen LogP contribution in [0.3, 0.4) is 0 Å². The summed E-state index contributed by atoms with van der Waals surface area (Å²) in [6.07, 6.45) is 1.39. The first kappa shape index (κ1) is 12.8. The zero-order valence-corrected chi connectivity index (χ0v) is 10.2. The van der Waals surface area contributed by atoms with Crippen LogP contribution in [-0.4, -0.2) is 10.9 Å². The van der Waals surface area contributed by atoms with E-state index < -0.39 is 10.9 Å². The van der Waals surface area contributed by atoms with E-state index in [0.717, 1.165) is 0 Å². The van der Waals surface area contributed by atoms with Gasteiger partial charge < -0.3 is 9.15 Å². The molecule has 0 saturated heterocycles. The van der Waals surface area contributed by atoms with Gasteiger partial charge in [0.15, 0.2) is 0 Å². The summed E-state index contributed by atoms with van der Waals surface area (Å²) in [6, 6.07) is 7.62. The number of nitrogens with zero attached hydrogens (tertiary/aromatic N) is 1. The van der Waals surface area contributed by atoms with Crippen molar-refractivity contribution in [2.75, 3.05) is 0 Å². The number of para-hydroxylation sites is 1. The number of nitro benzene ring substituents is 1. The Kier molecular flexibility index (Phi) is 3.61. The van der Waals surface area contributed by atoms with Crippen molar-refractivity contribution in [1.82, 2.24) is 0 Å². The lowest BCUT2D eigenvalue weighted by atomic mass is 10.2. The first-order chi connectivity index (χ1) is 9.09. The molecular weight excluding hydrogens is 250 g/mol. The summed E-state index contributed by atoms with van der Waals surface area (Å²) >= 11 is 0. The molecular formula is C13H11NO5. The summed E-state index contributed by atoms with van der Waals surface area (Å²) in [6.45, 7) is 1.49. The molecule has 0 unspecified atom stereocenters. The van der Waals surface area contributed by atoms with Gasteiger partial charge in [0, 0.05) is 6.07 Å². The number of esters is 1. The number of furan rings is 1. The summed E-state index contributed by atoms with van der Waals surface area (Å²) in [5.41, 5.74) is 0.597. The van der Waals surface area contributed by atoms with Gasteiger partial charge in [-0.1, -0.05) is 12.1 Å². The van der Waals surface area contributed by atoms with Crippen molar-refractivity contribution in [3.05, 3.63) is 63.6 Å². The molecule has 0 amide bonds. The van der Waals surface area contributed by atoms with Crippen LogP contribution in [0, 0.1) is 17.0 Å². The number of aryl methyl sites for hydroxylation is 1. The van der Waals surface area contributed by atoms with Gasteiger partial charge in [-0.2, -0.15) is 0 Å². The largest absolute Gasteiger partial charge is 0.469 e. The van der Waals surface area contributed by atoms with E-state index in [1.165, 1.54) is 18.4 Å². The second-order valence-corrected chi connectivity index (χ2v) is 3.85. The summed E-state index contributed by atoms with van der Waals surface area (Å²) in [4.78, 5) is 22.0. The third-order valence-corrected chi connectivity index (χ3v) is 2.63. The number of ether oxygens (including phenoxy) is 1. The minimum atomic E-state index is -0.565. The maximum absolute atomic E-state index is 11.7. The zero-order valence-electron chi connectivity index (χ0n) is 10.2. The maximum atomic E-state index is 11.7. The average molecular weight is 261 g/mol. The lowest BCUT2D eigenvalue weighted by molar-refractivity contribution is -0.385. The van der Waals surface area contributed by atoms with Crippen LogP contribution in [0.5, 0.6) is 0 Å². The first-order valence-electron chi connectivity index (χ1n) is 5.53. The highest BCUT2D eigenvalue weighted by molar-refractivity contribution is 5.90. The summed E-state index contributed by atoms with van der Waals surface area (Å²) in [5, 5.41) is 10.8. The fourth-order valence-corrected chi connectivity index (χ4v) is 1.63. The molecule has 0 radical (unpaired) electrons. The molecule has 1 aromatic carbocycles. The Hall–Kier alpha value is -2.63. The van der Waals surface area contributed by atoms with E-state index in [4.69, 9.17) is 9.15 Å². The number of nitro groups is 1. The Bertz CT molecular complexity index is 617. The molecule has 2 aromatic rings. The molecule has 0 aliphatic heterocycles. The van der Waals surface area contributed by atoms with Crippen LogP contribution in [0.25, 0.3) is 0 Å². The quantitative estimate of drug-likeness (QED) is 0.480. The predicted octanol–water partition coefficient (Wildman–Crippen LogP) is 2.85. The third kappa shape index (κ3) is 2.79. The predicted molar refractivity (Wildman–Crippen MR) is 65.7 cm³/mol. The van der Waals surface area contributed by atoms with E-state index in [9.17, 15) is 14.9 Å². The zero-order chi connectivity index (χ0) is 13.8. The number of benzene rings is 1. The molecule has 0 fully saturated rings. The normalized spacial score (nSPS) is 10.2. The molecule has 1 heterocycles. The van der Waals surface area contributed by atoms with Crippen LogP contribution in [-0.2, 0) is 11.3 Å². The molecule has 0 saturated carbocycles. The van der Waals surface area contributed by atoms with Gasteiger partial charge in [-0.25, -0.2) is 4.79 Å². The van der Waals surface area contributed by atoms with Gasteiger partial charge in [0.1, 0.15) is 17.9 Å². The topological polar surface area (TPSA) is 82.6 Å². The molecule has 0 bridgehead atoms. The van der Waals surface area contributed by atoms with Crippen molar-refractivity contribution in [2.24, 2.45) is 0 Å². The second-order valence-electron chi connectivity index (χ2n) is 3.85. The van der Waals surface area contributed by atoms with Gasteiger partial charge in [-0.05, 0) is 19.1 Å². The molecule has 6 heteroatoms. The molecule has 0 atom stereocenters. The van der Waals surface area contributed by atoms with E-state index in [1.54, 1.807) is 25.1 Å². The highest BCUT2D eigenvalue weighted by atomic mass is 16.6. The average Bonchev–Trinajstić information content (AvgIpc) is 2.82. The van der Waals surface area contributed by atoms with Crippen molar-refractivity contribution < 1.29 is 18.9 Å². The van der Waals surface area contributed by atoms with Crippen molar-refractivity contribution in [3.8, 4) is 0 Å². The van der Waals surface area contributed by atoms with Gasteiger partial charge in [0.25, 0.3) is 5.69 Å². The van der Waals surface area contributed by atoms with Crippen LogP contribution < -0.4 is 0 Å². The van der Waals surface area contributed by atoms with Crippen LogP contribution in [0.2, 0.25) is 0 Å². The molecule has 0 spiro atoms. The van der Waals surface area contributed by atoms with Crippen LogP contribution in [0.15, 0.2) is 41.0 Å². The SMILES string of the molecule is Cc1occc1C(=O)OCc1ccccc1[N+](=O)[O-]. The number of carbonyl (C=O) groups excluding carboxylic acids is 1. The molecule has 1 aromatic heterocycles. The highest BCUT2D eigenvalue weighted by Crippen LogP contribution is 2.19. The van der Waals surface area contributed by atoms with Crippen LogP contribution >= 0.6 is 0 Å². The fourth-order valence-electron chi connectivity index (χ4n) is 1.63. The minimum absolute atomic E-state index is 0.0702. The third-order valence-electron chi connectivity index (χ3n) is 2.63. The number of hydrogen-bond donors (Lipinski definition) is 0. The van der Waals surface area contributed by atoms with Crippen molar-refractivity contribution >= 4 is 11.7 Å². The minimum Gasteiger partial charge on any atom is -0.469 e. The summed E-state index contributed by atoms with van der Waals surface area (Å²) < 4.78 is 10.0. The van der Waals surface area contributed by atoms with E-state index in [1.807, 2.05) is 0 Å². The second kappa shape index (κ2) is 5.34. The van der Waals surface area contributed by atoms with Crippen molar-refractivity contribution in [2.45, 2.75) is 13.5 Å². The molecule has 0 aliphatic rings. The number of carbonyl (C=O) groups is 1. The Balaban J connectivity index is 2.10. The summed E-state index contributed by atoms with van der Waals surface area (Å²) in [5.74, 6) is -0.114. The maximum Gasteiger partial charge on any atom is 0.342 e. The van der Waals surface area contributed by atoms with Gasteiger partial charge in [0.2, 0.25) is 0 Å². The lowest BCUT2D eigenvalue weighted by Crippen LogP contribution is -2.06. The fraction of sp³-hybridized carbons (Fsp3) is 0.154. The highest BCUT2D eigenvalue weighted by Gasteiger charge is 2.17. The molecule has 6 nitrogen and oxygen atoms in total. The van der Waals surface area contributed by atoms with Crippen molar-refractivity contribution in [1.29, 1.82) is 0 Å². The molecule has 98 valence electrons. The van der Waals surface area contributed by atoms with E-state index in [0.29, 0.717) is 16.9 Å². The van der Waals surface area contributed by atoms with Gasteiger partial charge in [-0.15, -0.1) is 0 Å². The van der Waals surface area contributed by atoms with Gasteiger partial charge >= 0.3 is 5.97 Å². The van der Waals surface area contributed by atoms with E-state index >= 15 is 0 Å². The van der Waals surface area contributed by atoms with E-state index in [2.05, 4.69) is 0 Å². The molecule has 19 heavy (non-hydrogen) atoms. The standard InChI is InChI=1S/C13H11NO5/c1-9-11(6-7-18-9)13(15)19-8-10-4-2-3-5-12(10)14(16)17/h2-7H,8H2,1H3. The monoisotopic (exact) mass is 261 g/mol. The van der Waals surface area contributed by atoms with Gasteiger partial charge in [0.05, 0.1) is 16.7 Å². The molecule has 0 N–H and O–H groups in total. The summed E-state index contributed by atoms with van der Waals surface area (Å²) in [7, 11) is 0. The Morgan fingerprint density at radius 2 is 2.11 bits per heavy atom. The van der Waals surface area contributed by atoms with Crippen molar-refractivity contribution in [3.63, 3.8) is 0 Å². The smallest absolute Gasteiger partial charge is 0.342 e. The first-order valence-corrected chi connectivity index (χ1v) is 5.53. The lowest BCUT2D eigenvalue weighted by Gasteiger charge is -2.04. The molecule has 0 aliphatic carbocycles. The molecule has 2 rings (SSSR count). The Morgan fingerprint density at radius 3 is 2.74 bits per heavy atom. The van der Waals surface area contributed by atoms with Gasteiger partial charge in [-0.3, -0.25) is 10.1 Å². The number of rotatable bonds is 4.